The fourth-order valence-corrected chi connectivity index (χ4v) is 5.66. The topological polar surface area (TPSA) is 117 Å². The Morgan fingerprint density at radius 3 is 2.68 bits per heavy atom. The van der Waals surface area contributed by atoms with Gasteiger partial charge in [-0.05, 0) is 25.0 Å². The van der Waals surface area contributed by atoms with Gasteiger partial charge in [0.05, 0.1) is 30.4 Å². The molecule has 2 aliphatic heterocycles. The molecule has 31 heavy (non-hydrogen) atoms. The van der Waals surface area contributed by atoms with Crippen LogP contribution in [0.3, 0.4) is 0 Å². The van der Waals surface area contributed by atoms with E-state index in [0.29, 0.717) is 17.5 Å². The SMILES string of the molecule is Cn1c(=O)n(C)c2c(Sc3ncc(N4CCC5(CC4)COC[C@H]5N)nc3N)cccc21. The molecule has 2 saturated heterocycles. The highest BCUT2D eigenvalue weighted by Gasteiger charge is 2.44. The third-order valence-corrected chi connectivity index (χ3v) is 7.82. The van der Waals surface area contributed by atoms with Crippen LogP contribution in [0.5, 0.6) is 0 Å². The van der Waals surface area contributed by atoms with Crippen molar-refractivity contribution >= 4 is 34.4 Å². The van der Waals surface area contributed by atoms with E-state index in [1.54, 1.807) is 29.4 Å². The number of nitrogens with zero attached hydrogens (tertiary/aromatic N) is 5. The highest BCUT2D eigenvalue weighted by atomic mass is 32.2. The molecule has 1 atom stereocenters. The molecule has 0 aliphatic carbocycles. The zero-order valence-corrected chi connectivity index (χ0v) is 18.6. The van der Waals surface area contributed by atoms with Crippen molar-refractivity contribution in [1.29, 1.82) is 0 Å². The monoisotopic (exact) mass is 441 g/mol. The summed E-state index contributed by atoms with van der Waals surface area (Å²) in [5.41, 5.74) is 14.4. The van der Waals surface area contributed by atoms with Crippen LogP contribution in [0.25, 0.3) is 11.0 Å². The minimum Gasteiger partial charge on any atom is -0.381 e. The maximum atomic E-state index is 12.3. The van der Waals surface area contributed by atoms with Gasteiger partial charge in [-0.3, -0.25) is 9.13 Å². The van der Waals surface area contributed by atoms with Crippen LogP contribution in [0.15, 0.2) is 39.1 Å². The summed E-state index contributed by atoms with van der Waals surface area (Å²) in [4.78, 5) is 24.7. The minimum atomic E-state index is -0.0623. The van der Waals surface area contributed by atoms with Crippen LogP contribution < -0.4 is 22.1 Å². The van der Waals surface area contributed by atoms with Crippen LogP contribution in [0.1, 0.15) is 12.8 Å². The number of hydrogen-bond acceptors (Lipinski definition) is 8. The summed E-state index contributed by atoms with van der Waals surface area (Å²) >= 11 is 1.43. The number of rotatable bonds is 3. The Bertz CT molecular complexity index is 1200. The van der Waals surface area contributed by atoms with E-state index in [1.165, 1.54) is 11.8 Å². The standard InChI is InChI=1S/C21H27N7O2S/c1-26-13-4-3-5-14(17(13)27(2)20(26)29)31-19-18(23)25-16(10-24-19)28-8-6-21(7-9-28)12-30-11-15(21)22/h3-5,10,15H,6-9,11-12,22H2,1-2H3,(H2,23,25)/t15-/m1/s1. The Morgan fingerprint density at radius 1 is 1.23 bits per heavy atom. The Kier molecular flexibility index (Phi) is 4.95. The zero-order valence-electron chi connectivity index (χ0n) is 17.7. The number of ether oxygens (including phenoxy) is 1. The summed E-state index contributed by atoms with van der Waals surface area (Å²) in [6, 6.07) is 5.95. The molecule has 1 spiro atoms. The van der Waals surface area contributed by atoms with Gasteiger partial charge in [0.1, 0.15) is 10.8 Å². The highest BCUT2D eigenvalue weighted by Crippen LogP contribution is 2.40. The molecule has 4 N–H and O–H groups in total. The lowest BCUT2D eigenvalue weighted by atomic mass is 9.75. The number of para-hydroxylation sites is 1. The van der Waals surface area contributed by atoms with Crippen molar-refractivity contribution in [2.45, 2.75) is 28.8 Å². The second kappa shape index (κ2) is 7.54. The lowest BCUT2D eigenvalue weighted by Gasteiger charge is -2.41. The second-order valence-electron chi connectivity index (χ2n) is 8.52. The molecule has 10 heteroatoms. The summed E-state index contributed by atoms with van der Waals surface area (Å²) in [7, 11) is 3.55. The first-order chi connectivity index (χ1) is 14.9. The van der Waals surface area contributed by atoms with E-state index in [0.717, 1.165) is 54.3 Å². The number of hydrogen-bond donors (Lipinski definition) is 2. The normalized spacial score (nSPS) is 20.7. The summed E-state index contributed by atoms with van der Waals surface area (Å²) in [6.45, 7) is 3.13. The number of fused-ring (bicyclic) bond motifs is 1. The summed E-state index contributed by atoms with van der Waals surface area (Å²) < 4.78 is 8.90. The molecule has 0 unspecified atom stereocenters. The molecule has 5 rings (SSSR count). The predicted molar refractivity (Wildman–Crippen MR) is 121 cm³/mol. The number of imidazole rings is 1. The molecule has 164 valence electrons. The number of aryl methyl sites for hydroxylation is 2. The first-order valence-electron chi connectivity index (χ1n) is 10.4. The maximum Gasteiger partial charge on any atom is 0.328 e. The molecule has 2 fully saturated rings. The van der Waals surface area contributed by atoms with Gasteiger partial charge in [0, 0.05) is 43.5 Å². The Balaban J connectivity index is 1.37. The van der Waals surface area contributed by atoms with Crippen LogP contribution in [0.2, 0.25) is 0 Å². The van der Waals surface area contributed by atoms with Crippen molar-refractivity contribution in [2.75, 3.05) is 36.9 Å². The van der Waals surface area contributed by atoms with Gasteiger partial charge in [0.15, 0.2) is 5.82 Å². The molecule has 9 nitrogen and oxygen atoms in total. The van der Waals surface area contributed by atoms with E-state index in [-0.39, 0.29) is 17.1 Å². The van der Waals surface area contributed by atoms with E-state index in [4.69, 9.17) is 16.2 Å². The molecule has 0 radical (unpaired) electrons. The van der Waals surface area contributed by atoms with E-state index >= 15 is 0 Å². The Hall–Kier alpha value is -2.56. The van der Waals surface area contributed by atoms with Crippen molar-refractivity contribution < 1.29 is 4.74 Å². The molecular formula is C21H27N7O2S. The fraction of sp³-hybridized carbons (Fsp3) is 0.476. The Morgan fingerprint density at radius 2 is 2.00 bits per heavy atom. The van der Waals surface area contributed by atoms with Crippen LogP contribution in [0.4, 0.5) is 11.6 Å². The molecule has 0 bridgehead atoms. The van der Waals surface area contributed by atoms with Crippen molar-refractivity contribution in [3.05, 3.63) is 34.9 Å². The second-order valence-corrected chi connectivity index (χ2v) is 9.55. The molecular weight excluding hydrogens is 414 g/mol. The number of nitrogen functional groups attached to an aromatic ring is 1. The zero-order chi connectivity index (χ0) is 21.8. The smallest absolute Gasteiger partial charge is 0.328 e. The summed E-state index contributed by atoms with van der Waals surface area (Å²) in [6.07, 6.45) is 3.75. The van der Waals surface area contributed by atoms with Gasteiger partial charge in [-0.25, -0.2) is 14.8 Å². The number of nitrogens with two attached hydrogens (primary N) is 2. The number of piperidine rings is 1. The van der Waals surface area contributed by atoms with Crippen molar-refractivity contribution in [3.63, 3.8) is 0 Å². The van der Waals surface area contributed by atoms with E-state index in [9.17, 15) is 4.79 Å². The maximum absolute atomic E-state index is 12.3. The lowest BCUT2D eigenvalue weighted by Crippen LogP contribution is -2.49. The summed E-state index contributed by atoms with van der Waals surface area (Å²) in [5, 5.41) is 0.632. The van der Waals surface area contributed by atoms with E-state index in [2.05, 4.69) is 14.9 Å². The average Bonchev–Trinajstić information content (AvgIpc) is 3.23. The first-order valence-corrected chi connectivity index (χ1v) is 11.2. The molecule has 0 amide bonds. The van der Waals surface area contributed by atoms with Crippen LogP contribution in [-0.4, -0.2) is 51.4 Å². The van der Waals surface area contributed by atoms with Crippen LogP contribution >= 0.6 is 11.8 Å². The third-order valence-electron chi connectivity index (χ3n) is 6.76. The van der Waals surface area contributed by atoms with Gasteiger partial charge in [-0.15, -0.1) is 0 Å². The van der Waals surface area contributed by atoms with E-state index < -0.39 is 0 Å². The quantitative estimate of drug-likeness (QED) is 0.625. The molecule has 1 aromatic carbocycles. The van der Waals surface area contributed by atoms with Gasteiger partial charge in [-0.2, -0.15) is 0 Å². The van der Waals surface area contributed by atoms with Gasteiger partial charge in [-0.1, -0.05) is 17.8 Å². The van der Waals surface area contributed by atoms with Crippen LogP contribution in [-0.2, 0) is 18.8 Å². The van der Waals surface area contributed by atoms with Gasteiger partial charge in [0.2, 0.25) is 0 Å². The van der Waals surface area contributed by atoms with Crippen molar-refractivity contribution in [1.82, 2.24) is 19.1 Å². The average molecular weight is 442 g/mol. The van der Waals surface area contributed by atoms with Gasteiger partial charge < -0.3 is 21.1 Å². The van der Waals surface area contributed by atoms with E-state index in [1.807, 2.05) is 18.2 Å². The molecule has 3 aromatic rings. The number of anilines is 2. The molecule has 4 heterocycles. The van der Waals surface area contributed by atoms with Crippen LogP contribution in [0, 0.1) is 5.41 Å². The lowest BCUT2D eigenvalue weighted by molar-refractivity contribution is 0.131. The Labute approximate surface area is 184 Å². The number of aromatic nitrogens is 4. The predicted octanol–water partition coefficient (Wildman–Crippen LogP) is 1.34. The fourth-order valence-electron chi connectivity index (χ4n) is 4.71. The molecule has 0 saturated carbocycles. The van der Waals surface area contributed by atoms with Crippen molar-refractivity contribution in [3.8, 4) is 0 Å². The molecule has 2 aromatic heterocycles. The first kappa shape index (κ1) is 20.3. The largest absolute Gasteiger partial charge is 0.381 e. The molecule has 2 aliphatic rings. The van der Waals surface area contributed by atoms with Crippen molar-refractivity contribution in [2.24, 2.45) is 25.2 Å². The van der Waals surface area contributed by atoms with Gasteiger partial charge >= 0.3 is 5.69 Å². The number of benzene rings is 1. The highest BCUT2D eigenvalue weighted by molar-refractivity contribution is 7.99. The minimum absolute atomic E-state index is 0.0623. The van der Waals surface area contributed by atoms with Gasteiger partial charge in [0.25, 0.3) is 0 Å². The third kappa shape index (κ3) is 3.29. The summed E-state index contributed by atoms with van der Waals surface area (Å²) in [5.74, 6) is 1.18.